The first-order valence-corrected chi connectivity index (χ1v) is 8.46. The zero-order chi connectivity index (χ0) is 16.5. The van der Waals surface area contributed by atoms with Gasteiger partial charge in [-0.1, -0.05) is 25.5 Å². The fourth-order valence-corrected chi connectivity index (χ4v) is 3.22. The van der Waals surface area contributed by atoms with E-state index >= 15 is 0 Å². The van der Waals surface area contributed by atoms with Crippen molar-refractivity contribution in [1.29, 1.82) is 0 Å². The minimum atomic E-state index is -0.207. The van der Waals surface area contributed by atoms with E-state index in [1.165, 1.54) is 37.7 Å². The van der Waals surface area contributed by atoms with Gasteiger partial charge in [-0.25, -0.2) is 9.37 Å². The number of hydrogen-bond acceptors (Lipinski definition) is 4. The molecule has 0 bridgehead atoms. The van der Waals surface area contributed by atoms with E-state index in [4.69, 9.17) is 0 Å². The summed E-state index contributed by atoms with van der Waals surface area (Å²) in [7, 11) is 0. The zero-order valence-electron chi connectivity index (χ0n) is 13.6. The van der Waals surface area contributed by atoms with Crippen molar-refractivity contribution in [3.63, 3.8) is 0 Å². The van der Waals surface area contributed by atoms with Gasteiger partial charge in [0.25, 0.3) is 5.78 Å². The number of hydrogen-bond donors (Lipinski definition) is 1. The monoisotopic (exact) mass is 325 g/mol. The van der Waals surface area contributed by atoms with Crippen molar-refractivity contribution < 1.29 is 4.39 Å². The maximum atomic E-state index is 13.3. The van der Waals surface area contributed by atoms with Gasteiger partial charge in [-0.3, -0.25) is 0 Å². The molecule has 4 rings (SSSR count). The summed E-state index contributed by atoms with van der Waals surface area (Å²) in [5.74, 6) is 1.83. The molecule has 24 heavy (non-hydrogen) atoms. The number of anilines is 1. The largest absolute Gasteiger partial charge is 0.363 e. The number of rotatable bonds is 5. The zero-order valence-corrected chi connectivity index (χ0v) is 13.6. The highest BCUT2D eigenvalue weighted by Gasteiger charge is 2.29. The van der Waals surface area contributed by atoms with Crippen LogP contribution in [-0.4, -0.2) is 19.6 Å². The molecular formula is C18H20FN5. The van der Waals surface area contributed by atoms with Crippen LogP contribution in [0.5, 0.6) is 0 Å². The van der Waals surface area contributed by atoms with E-state index in [0.717, 1.165) is 23.5 Å². The van der Waals surface area contributed by atoms with Crippen LogP contribution < -0.4 is 5.32 Å². The quantitative estimate of drug-likeness (QED) is 0.775. The number of fused-ring (bicyclic) bond motifs is 1. The molecule has 0 amide bonds. The van der Waals surface area contributed by atoms with Gasteiger partial charge in [0.1, 0.15) is 18.0 Å². The lowest BCUT2D eigenvalue weighted by Gasteiger charge is -2.35. The van der Waals surface area contributed by atoms with Gasteiger partial charge in [0.05, 0.1) is 6.04 Å². The standard InChI is InChI=1S/C18H20FN5/c1-2-15-10-16(24-18(22-15)20-11-21-24)23-17(12-4-3-5-12)13-6-8-14(19)9-7-13/h6-12,17,23H,2-5H2,1H3. The lowest BCUT2D eigenvalue weighted by atomic mass is 9.77. The summed E-state index contributed by atoms with van der Waals surface area (Å²) in [6, 6.07) is 8.95. The van der Waals surface area contributed by atoms with Crippen LogP contribution in [0.15, 0.2) is 36.7 Å². The van der Waals surface area contributed by atoms with Crippen molar-refractivity contribution in [2.45, 2.75) is 38.6 Å². The van der Waals surface area contributed by atoms with E-state index in [-0.39, 0.29) is 11.9 Å². The van der Waals surface area contributed by atoms with Gasteiger partial charge in [-0.05, 0) is 42.9 Å². The smallest absolute Gasteiger partial charge is 0.254 e. The Morgan fingerprint density at radius 3 is 2.75 bits per heavy atom. The average molecular weight is 325 g/mol. The van der Waals surface area contributed by atoms with E-state index in [0.29, 0.717) is 11.7 Å². The first-order chi connectivity index (χ1) is 11.7. The SMILES string of the molecule is CCc1cc(NC(c2ccc(F)cc2)C2CCC2)n2ncnc2n1. The fourth-order valence-electron chi connectivity index (χ4n) is 3.22. The van der Waals surface area contributed by atoms with Gasteiger partial charge in [0.15, 0.2) is 0 Å². The molecule has 1 unspecified atom stereocenters. The number of benzene rings is 1. The molecule has 2 aromatic heterocycles. The Labute approximate surface area is 139 Å². The second-order valence-electron chi connectivity index (χ2n) is 6.32. The third-order valence-electron chi connectivity index (χ3n) is 4.82. The Morgan fingerprint density at radius 1 is 1.29 bits per heavy atom. The highest BCUT2D eigenvalue weighted by Crippen LogP contribution is 2.39. The van der Waals surface area contributed by atoms with Gasteiger partial charge in [0.2, 0.25) is 0 Å². The van der Waals surface area contributed by atoms with Crippen molar-refractivity contribution in [3.05, 3.63) is 53.7 Å². The summed E-state index contributed by atoms with van der Waals surface area (Å²) in [5, 5.41) is 7.90. The fraction of sp³-hybridized carbons (Fsp3) is 0.389. The van der Waals surface area contributed by atoms with Crippen LogP contribution in [0.3, 0.4) is 0 Å². The first-order valence-electron chi connectivity index (χ1n) is 8.46. The summed E-state index contributed by atoms with van der Waals surface area (Å²) in [4.78, 5) is 8.69. The molecule has 6 heteroatoms. The van der Waals surface area contributed by atoms with Crippen LogP contribution in [0, 0.1) is 11.7 Å². The molecule has 0 aliphatic heterocycles. The molecule has 2 heterocycles. The normalized spacial score (nSPS) is 16.1. The molecule has 1 atom stereocenters. The minimum Gasteiger partial charge on any atom is -0.363 e. The van der Waals surface area contributed by atoms with Crippen LogP contribution in [0.25, 0.3) is 5.78 Å². The predicted octanol–water partition coefficient (Wildman–Crippen LogP) is 3.78. The van der Waals surface area contributed by atoms with E-state index < -0.39 is 0 Å². The van der Waals surface area contributed by atoms with Crippen LogP contribution >= 0.6 is 0 Å². The third kappa shape index (κ3) is 2.72. The Bertz CT molecular complexity index is 838. The Balaban J connectivity index is 1.72. The summed E-state index contributed by atoms with van der Waals surface area (Å²) >= 11 is 0. The maximum Gasteiger partial charge on any atom is 0.254 e. The number of halogens is 1. The minimum absolute atomic E-state index is 0.138. The highest BCUT2D eigenvalue weighted by molar-refractivity contribution is 5.47. The van der Waals surface area contributed by atoms with E-state index in [1.54, 1.807) is 4.52 Å². The van der Waals surface area contributed by atoms with Crippen LogP contribution in [0.2, 0.25) is 0 Å². The van der Waals surface area contributed by atoms with Gasteiger partial charge >= 0.3 is 0 Å². The summed E-state index contributed by atoms with van der Waals surface area (Å²) < 4.78 is 15.0. The van der Waals surface area contributed by atoms with Crippen molar-refractivity contribution in [1.82, 2.24) is 19.6 Å². The van der Waals surface area contributed by atoms with Crippen molar-refractivity contribution in [2.75, 3.05) is 5.32 Å². The molecule has 3 aromatic rings. The summed E-state index contributed by atoms with van der Waals surface area (Å²) in [6.45, 7) is 2.07. The van der Waals surface area contributed by atoms with Crippen LogP contribution in [0.4, 0.5) is 10.2 Å². The Hall–Kier alpha value is -2.50. The lowest BCUT2D eigenvalue weighted by Crippen LogP contribution is -2.27. The van der Waals surface area contributed by atoms with Crippen molar-refractivity contribution in [3.8, 4) is 0 Å². The third-order valence-corrected chi connectivity index (χ3v) is 4.82. The summed E-state index contributed by atoms with van der Waals surface area (Å²) in [6.07, 6.45) is 5.97. The first kappa shape index (κ1) is 15.1. The van der Waals surface area contributed by atoms with Gasteiger partial charge in [0, 0.05) is 11.8 Å². The number of aromatic nitrogens is 4. The molecule has 124 valence electrons. The molecule has 0 radical (unpaired) electrons. The van der Waals surface area contributed by atoms with Gasteiger partial charge in [-0.15, -0.1) is 0 Å². The lowest BCUT2D eigenvalue weighted by molar-refractivity contribution is 0.276. The molecule has 1 aliphatic carbocycles. The van der Waals surface area contributed by atoms with Crippen LogP contribution in [0.1, 0.15) is 43.5 Å². The molecule has 5 nitrogen and oxygen atoms in total. The van der Waals surface area contributed by atoms with Crippen molar-refractivity contribution in [2.24, 2.45) is 5.92 Å². The highest BCUT2D eigenvalue weighted by atomic mass is 19.1. The Kier molecular flexibility index (Phi) is 3.88. The maximum absolute atomic E-state index is 13.3. The Morgan fingerprint density at radius 2 is 2.08 bits per heavy atom. The second kappa shape index (κ2) is 6.19. The van der Waals surface area contributed by atoms with E-state index in [9.17, 15) is 4.39 Å². The number of nitrogens with zero attached hydrogens (tertiary/aromatic N) is 4. The van der Waals surface area contributed by atoms with Crippen LogP contribution in [-0.2, 0) is 6.42 Å². The summed E-state index contributed by atoms with van der Waals surface area (Å²) in [5.41, 5.74) is 2.08. The molecule has 0 spiro atoms. The number of aryl methyl sites for hydroxylation is 1. The molecule has 0 saturated heterocycles. The molecule has 1 saturated carbocycles. The topological polar surface area (TPSA) is 55.1 Å². The van der Waals surface area contributed by atoms with E-state index in [1.807, 2.05) is 18.2 Å². The van der Waals surface area contributed by atoms with E-state index in [2.05, 4.69) is 27.3 Å². The molecule has 1 aromatic carbocycles. The second-order valence-corrected chi connectivity index (χ2v) is 6.32. The predicted molar refractivity (Wildman–Crippen MR) is 90.3 cm³/mol. The average Bonchev–Trinajstić information content (AvgIpc) is 3.02. The molecule has 1 fully saturated rings. The molecular weight excluding hydrogens is 305 g/mol. The molecule has 1 aliphatic rings. The van der Waals surface area contributed by atoms with Crippen molar-refractivity contribution >= 4 is 11.6 Å². The van der Waals surface area contributed by atoms with Gasteiger partial charge in [-0.2, -0.15) is 14.6 Å². The van der Waals surface area contributed by atoms with Gasteiger partial charge < -0.3 is 5.32 Å². The molecule has 1 N–H and O–H groups in total. The number of nitrogens with one attached hydrogen (secondary N) is 1.